The summed E-state index contributed by atoms with van der Waals surface area (Å²) in [6.45, 7) is 4.05. The molecule has 33 heavy (non-hydrogen) atoms. The summed E-state index contributed by atoms with van der Waals surface area (Å²) in [6.07, 6.45) is 2.94. The van der Waals surface area contributed by atoms with Gasteiger partial charge in [-0.1, -0.05) is 29.5 Å². The van der Waals surface area contributed by atoms with Gasteiger partial charge < -0.3 is 14.8 Å². The molecule has 1 aliphatic rings. The van der Waals surface area contributed by atoms with Crippen LogP contribution in [0.2, 0.25) is 0 Å². The summed E-state index contributed by atoms with van der Waals surface area (Å²) in [5, 5.41) is 23.3. The summed E-state index contributed by atoms with van der Waals surface area (Å²) in [5.41, 5.74) is 4.83. The first kappa shape index (κ1) is 22.9. The van der Waals surface area contributed by atoms with E-state index >= 15 is 0 Å². The molecule has 3 aromatic rings. The molecule has 0 saturated heterocycles. The SMILES string of the molecule is COC(=O)CN[C@H]1CCCc2c(-c3nnc(-c4ccc(OC(C)C)c(C#N)c4)s3)cccc21. The molecule has 1 aromatic heterocycles. The molecule has 0 unspecified atom stereocenters. The maximum Gasteiger partial charge on any atom is 0.319 e. The monoisotopic (exact) mass is 462 g/mol. The van der Waals surface area contributed by atoms with Gasteiger partial charge >= 0.3 is 5.97 Å². The molecule has 0 radical (unpaired) electrons. The fourth-order valence-corrected chi connectivity index (χ4v) is 4.99. The molecule has 4 rings (SSSR count). The van der Waals surface area contributed by atoms with Crippen molar-refractivity contribution < 1.29 is 14.3 Å². The molecule has 170 valence electrons. The minimum absolute atomic E-state index is 0.00808. The van der Waals surface area contributed by atoms with Crippen LogP contribution in [0.15, 0.2) is 36.4 Å². The van der Waals surface area contributed by atoms with Crippen LogP contribution < -0.4 is 10.1 Å². The maximum atomic E-state index is 11.6. The highest BCUT2D eigenvalue weighted by Gasteiger charge is 2.24. The van der Waals surface area contributed by atoms with Gasteiger partial charge in [0, 0.05) is 17.2 Å². The molecule has 0 saturated carbocycles. The van der Waals surface area contributed by atoms with E-state index in [1.807, 2.05) is 32.0 Å². The van der Waals surface area contributed by atoms with Crippen LogP contribution in [0.4, 0.5) is 0 Å². The molecule has 7 nitrogen and oxygen atoms in total. The smallest absolute Gasteiger partial charge is 0.319 e. The van der Waals surface area contributed by atoms with Gasteiger partial charge in [-0.05, 0) is 62.4 Å². The van der Waals surface area contributed by atoms with Gasteiger partial charge in [-0.2, -0.15) is 5.26 Å². The molecule has 8 heteroatoms. The molecule has 0 aliphatic heterocycles. The Morgan fingerprint density at radius 2 is 2.09 bits per heavy atom. The number of fused-ring (bicyclic) bond motifs is 1. The number of carbonyl (C=O) groups is 1. The molecule has 2 aromatic carbocycles. The zero-order valence-corrected chi connectivity index (χ0v) is 19.7. The van der Waals surface area contributed by atoms with E-state index in [-0.39, 0.29) is 24.7 Å². The highest BCUT2D eigenvalue weighted by Crippen LogP contribution is 2.39. The van der Waals surface area contributed by atoms with Crippen molar-refractivity contribution in [2.45, 2.75) is 45.3 Å². The maximum absolute atomic E-state index is 11.6. The number of ether oxygens (including phenoxy) is 2. The summed E-state index contributed by atoms with van der Waals surface area (Å²) in [6, 6.07) is 14.1. The first-order valence-electron chi connectivity index (χ1n) is 11.0. The number of methoxy groups -OCH3 is 1. The zero-order valence-electron chi connectivity index (χ0n) is 18.9. The van der Waals surface area contributed by atoms with Crippen molar-refractivity contribution in [1.29, 1.82) is 5.26 Å². The number of carbonyl (C=O) groups excluding carboxylic acids is 1. The van der Waals surface area contributed by atoms with E-state index < -0.39 is 0 Å². The van der Waals surface area contributed by atoms with Crippen LogP contribution in [-0.4, -0.2) is 35.9 Å². The molecule has 1 heterocycles. The van der Waals surface area contributed by atoms with Crippen LogP contribution >= 0.6 is 11.3 Å². The second kappa shape index (κ2) is 10.1. The molecule has 0 fully saturated rings. The van der Waals surface area contributed by atoms with E-state index in [2.05, 4.69) is 33.7 Å². The number of esters is 1. The topological polar surface area (TPSA) is 97.1 Å². The van der Waals surface area contributed by atoms with Crippen molar-refractivity contribution in [3.8, 4) is 33.0 Å². The van der Waals surface area contributed by atoms with Crippen molar-refractivity contribution in [2.75, 3.05) is 13.7 Å². The summed E-state index contributed by atoms with van der Waals surface area (Å²) in [5.74, 6) is 0.303. The quantitative estimate of drug-likeness (QED) is 0.510. The number of aromatic nitrogens is 2. The van der Waals surface area contributed by atoms with Gasteiger partial charge in [0.05, 0.1) is 25.3 Å². The number of nitriles is 1. The van der Waals surface area contributed by atoms with Gasteiger partial charge in [0.2, 0.25) is 0 Å². The summed E-state index contributed by atoms with van der Waals surface area (Å²) in [4.78, 5) is 11.6. The van der Waals surface area contributed by atoms with Gasteiger partial charge in [-0.3, -0.25) is 4.79 Å². The third-order valence-electron chi connectivity index (χ3n) is 5.59. The number of rotatable bonds is 7. The number of nitrogens with one attached hydrogen (secondary N) is 1. The van der Waals surface area contributed by atoms with Crippen molar-refractivity contribution in [2.24, 2.45) is 0 Å². The van der Waals surface area contributed by atoms with Crippen molar-refractivity contribution >= 4 is 17.3 Å². The normalized spacial score (nSPS) is 15.1. The molecule has 1 aliphatic carbocycles. The van der Waals surface area contributed by atoms with E-state index in [0.717, 1.165) is 40.4 Å². The molecule has 0 bridgehead atoms. The van der Waals surface area contributed by atoms with Crippen molar-refractivity contribution in [1.82, 2.24) is 15.5 Å². The van der Waals surface area contributed by atoms with Crippen LogP contribution in [0.1, 0.15) is 49.4 Å². The lowest BCUT2D eigenvalue weighted by Gasteiger charge is -2.27. The summed E-state index contributed by atoms with van der Waals surface area (Å²) >= 11 is 1.51. The van der Waals surface area contributed by atoms with Crippen LogP contribution in [0.25, 0.3) is 21.1 Å². The third-order valence-corrected chi connectivity index (χ3v) is 6.60. The van der Waals surface area contributed by atoms with Crippen molar-refractivity contribution in [3.05, 3.63) is 53.1 Å². The van der Waals surface area contributed by atoms with E-state index in [0.29, 0.717) is 11.3 Å². The molecule has 1 N–H and O–H groups in total. The molecular formula is C25H26N4O3S. The third kappa shape index (κ3) is 5.05. The Morgan fingerprint density at radius 3 is 2.85 bits per heavy atom. The summed E-state index contributed by atoms with van der Waals surface area (Å²) < 4.78 is 10.5. The molecule has 1 atom stereocenters. The second-order valence-electron chi connectivity index (χ2n) is 8.18. The van der Waals surface area contributed by atoms with Crippen molar-refractivity contribution in [3.63, 3.8) is 0 Å². The molecule has 0 spiro atoms. The Kier molecular flexibility index (Phi) is 7.02. The largest absolute Gasteiger partial charge is 0.490 e. The highest BCUT2D eigenvalue weighted by atomic mass is 32.1. The fraction of sp³-hybridized carbons (Fsp3) is 0.360. The predicted molar refractivity (Wildman–Crippen MR) is 127 cm³/mol. The highest BCUT2D eigenvalue weighted by molar-refractivity contribution is 7.17. The van der Waals surface area contributed by atoms with E-state index in [4.69, 9.17) is 9.47 Å². The lowest BCUT2D eigenvalue weighted by atomic mass is 9.85. The standard InChI is InChI=1S/C25H26N4O3S/c1-15(2)32-22-11-10-16(12-17(22)13-26)24-28-29-25(33-24)20-8-4-7-19-18(20)6-5-9-21(19)27-14-23(30)31-3/h4,7-8,10-12,15,21,27H,5-6,9,14H2,1-3H3/t21-/m0/s1. The number of nitrogens with zero attached hydrogens (tertiary/aromatic N) is 3. The van der Waals surface area contributed by atoms with Gasteiger partial charge in [0.1, 0.15) is 21.8 Å². The molecular weight excluding hydrogens is 436 g/mol. The molecule has 0 amide bonds. The Morgan fingerprint density at radius 1 is 1.27 bits per heavy atom. The lowest BCUT2D eigenvalue weighted by molar-refractivity contribution is -0.139. The van der Waals surface area contributed by atoms with E-state index in [1.165, 1.54) is 29.6 Å². The first-order chi connectivity index (χ1) is 16.0. The average molecular weight is 463 g/mol. The Bertz CT molecular complexity index is 1200. The number of hydrogen-bond donors (Lipinski definition) is 1. The minimum Gasteiger partial charge on any atom is -0.490 e. The number of hydrogen-bond acceptors (Lipinski definition) is 8. The zero-order chi connectivity index (χ0) is 23.4. The van der Waals surface area contributed by atoms with Gasteiger partial charge in [-0.15, -0.1) is 10.2 Å². The first-order valence-corrected chi connectivity index (χ1v) is 11.8. The van der Waals surface area contributed by atoms with Crippen LogP contribution in [-0.2, 0) is 16.0 Å². The summed E-state index contributed by atoms with van der Waals surface area (Å²) in [7, 11) is 1.40. The predicted octanol–water partition coefficient (Wildman–Crippen LogP) is 4.67. The lowest BCUT2D eigenvalue weighted by Crippen LogP contribution is -2.30. The van der Waals surface area contributed by atoms with E-state index in [1.54, 1.807) is 6.07 Å². The van der Waals surface area contributed by atoms with Gasteiger partial charge in [-0.25, -0.2) is 0 Å². The Labute approximate surface area is 197 Å². The van der Waals surface area contributed by atoms with Gasteiger partial charge in [0.25, 0.3) is 0 Å². The Balaban J connectivity index is 1.62. The van der Waals surface area contributed by atoms with Gasteiger partial charge in [0.15, 0.2) is 0 Å². The average Bonchev–Trinajstić information content (AvgIpc) is 3.32. The second-order valence-corrected chi connectivity index (χ2v) is 9.15. The fourth-order valence-electron chi connectivity index (χ4n) is 4.10. The number of benzene rings is 2. The Hall–Kier alpha value is -3.28. The van der Waals surface area contributed by atoms with Crippen LogP contribution in [0.5, 0.6) is 5.75 Å². The van der Waals surface area contributed by atoms with Crippen LogP contribution in [0.3, 0.4) is 0 Å². The minimum atomic E-state index is -0.270. The van der Waals surface area contributed by atoms with Crippen LogP contribution in [0, 0.1) is 11.3 Å². The van der Waals surface area contributed by atoms with E-state index in [9.17, 15) is 10.1 Å².